The van der Waals surface area contributed by atoms with Gasteiger partial charge in [-0.3, -0.25) is 9.89 Å². The van der Waals surface area contributed by atoms with Gasteiger partial charge >= 0.3 is 0 Å². The Bertz CT molecular complexity index is 560. The summed E-state index contributed by atoms with van der Waals surface area (Å²) in [5, 5.41) is 10.3. The average molecular weight is 278 g/mol. The van der Waals surface area contributed by atoms with Crippen LogP contribution in [0.4, 0.5) is 5.82 Å². The summed E-state index contributed by atoms with van der Waals surface area (Å²) in [7, 11) is 0. The van der Waals surface area contributed by atoms with Crippen LogP contribution in [0.25, 0.3) is 11.1 Å². The normalized spacial score (nSPS) is 10.7. The summed E-state index contributed by atoms with van der Waals surface area (Å²) in [6.45, 7) is 4.01. The number of carbonyl (C=O) groups excluding carboxylic acids is 1. The largest absolute Gasteiger partial charge is 0.311 e. The van der Waals surface area contributed by atoms with Crippen LogP contribution in [0.1, 0.15) is 20.3 Å². The van der Waals surface area contributed by atoms with Crippen molar-refractivity contribution >= 4 is 23.3 Å². The number of aromatic amines is 1. The van der Waals surface area contributed by atoms with Gasteiger partial charge in [-0.05, 0) is 23.6 Å². The standard InChI is InChI=1S/C14H16ClN3O/c1-9(2)7-13(19)17-14-12(8-16-18-14)10-3-5-11(15)6-4-10/h3-6,8-9H,7H2,1-2H3,(H2,16,17,18,19). The van der Waals surface area contributed by atoms with Crippen LogP contribution in [0.5, 0.6) is 0 Å². The average Bonchev–Trinajstić information content (AvgIpc) is 2.77. The van der Waals surface area contributed by atoms with Gasteiger partial charge < -0.3 is 5.32 Å². The Balaban J connectivity index is 2.18. The first-order valence-corrected chi connectivity index (χ1v) is 6.53. The van der Waals surface area contributed by atoms with Gasteiger partial charge in [0, 0.05) is 17.0 Å². The maximum absolute atomic E-state index is 11.8. The zero-order chi connectivity index (χ0) is 13.8. The first-order chi connectivity index (χ1) is 9.06. The molecule has 5 heteroatoms. The highest BCUT2D eigenvalue weighted by atomic mass is 35.5. The van der Waals surface area contributed by atoms with Crippen LogP contribution in [0.2, 0.25) is 5.02 Å². The molecule has 0 fully saturated rings. The lowest BCUT2D eigenvalue weighted by atomic mass is 10.1. The lowest BCUT2D eigenvalue weighted by Crippen LogP contribution is -2.14. The zero-order valence-electron chi connectivity index (χ0n) is 10.9. The van der Waals surface area contributed by atoms with Gasteiger partial charge in [0.1, 0.15) is 5.82 Å². The summed E-state index contributed by atoms with van der Waals surface area (Å²) < 4.78 is 0. The summed E-state index contributed by atoms with van der Waals surface area (Å²) in [5.41, 5.74) is 1.81. The molecule has 2 aromatic rings. The van der Waals surface area contributed by atoms with Gasteiger partial charge in [0.05, 0.1) is 6.20 Å². The molecule has 1 heterocycles. The first kappa shape index (κ1) is 13.6. The van der Waals surface area contributed by atoms with Crippen LogP contribution in [-0.4, -0.2) is 16.1 Å². The van der Waals surface area contributed by atoms with Crippen molar-refractivity contribution in [3.05, 3.63) is 35.5 Å². The highest BCUT2D eigenvalue weighted by Crippen LogP contribution is 2.27. The van der Waals surface area contributed by atoms with E-state index in [2.05, 4.69) is 15.5 Å². The molecule has 0 radical (unpaired) electrons. The number of aromatic nitrogens is 2. The van der Waals surface area contributed by atoms with Crippen LogP contribution in [0.15, 0.2) is 30.5 Å². The Morgan fingerprint density at radius 2 is 2.05 bits per heavy atom. The molecule has 0 aliphatic heterocycles. The lowest BCUT2D eigenvalue weighted by molar-refractivity contribution is -0.116. The third kappa shape index (κ3) is 3.58. The Hall–Kier alpha value is -1.81. The van der Waals surface area contributed by atoms with Crippen molar-refractivity contribution in [2.45, 2.75) is 20.3 Å². The molecule has 4 nitrogen and oxygen atoms in total. The maximum atomic E-state index is 11.8. The molecule has 0 atom stereocenters. The Morgan fingerprint density at radius 3 is 2.68 bits per heavy atom. The third-order valence-electron chi connectivity index (χ3n) is 2.65. The van der Waals surface area contributed by atoms with E-state index in [1.54, 1.807) is 6.20 Å². The molecule has 0 saturated heterocycles. The number of carbonyl (C=O) groups is 1. The van der Waals surface area contributed by atoms with E-state index in [4.69, 9.17) is 11.6 Å². The van der Waals surface area contributed by atoms with E-state index < -0.39 is 0 Å². The number of benzene rings is 1. The fraction of sp³-hybridized carbons (Fsp3) is 0.286. The predicted octanol–water partition coefficient (Wildman–Crippen LogP) is 3.71. The topological polar surface area (TPSA) is 57.8 Å². The molecule has 2 rings (SSSR count). The van der Waals surface area contributed by atoms with Crippen molar-refractivity contribution < 1.29 is 4.79 Å². The molecule has 100 valence electrons. The molecule has 1 aromatic carbocycles. The summed E-state index contributed by atoms with van der Waals surface area (Å²) in [4.78, 5) is 11.8. The van der Waals surface area contributed by atoms with Crippen LogP contribution < -0.4 is 5.32 Å². The SMILES string of the molecule is CC(C)CC(=O)Nc1[nH]ncc1-c1ccc(Cl)cc1. The van der Waals surface area contributed by atoms with Crippen LogP contribution in [0, 0.1) is 5.92 Å². The van der Waals surface area contributed by atoms with Crippen LogP contribution in [0.3, 0.4) is 0 Å². The number of nitrogens with one attached hydrogen (secondary N) is 2. The quantitative estimate of drug-likeness (QED) is 0.895. The summed E-state index contributed by atoms with van der Waals surface area (Å²) in [6, 6.07) is 7.41. The molecule has 0 spiro atoms. The van der Waals surface area contributed by atoms with Crippen molar-refractivity contribution in [2.75, 3.05) is 5.32 Å². The van der Waals surface area contributed by atoms with Crippen LogP contribution >= 0.6 is 11.6 Å². The fourth-order valence-electron chi connectivity index (χ4n) is 1.79. The minimum Gasteiger partial charge on any atom is -0.311 e. The van der Waals surface area contributed by atoms with Crippen molar-refractivity contribution in [3.8, 4) is 11.1 Å². The summed E-state index contributed by atoms with van der Waals surface area (Å²) >= 11 is 5.86. The van der Waals surface area contributed by atoms with E-state index in [1.807, 2.05) is 38.1 Å². The predicted molar refractivity (Wildman–Crippen MR) is 77.1 cm³/mol. The number of anilines is 1. The highest BCUT2D eigenvalue weighted by molar-refractivity contribution is 6.30. The smallest absolute Gasteiger partial charge is 0.225 e. The van der Waals surface area contributed by atoms with Crippen molar-refractivity contribution in [1.82, 2.24) is 10.2 Å². The van der Waals surface area contributed by atoms with Crippen molar-refractivity contribution in [1.29, 1.82) is 0 Å². The molecule has 2 N–H and O–H groups in total. The number of H-pyrrole nitrogens is 1. The summed E-state index contributed by atoms with van der Waals surface area (Å²) in [6.07, 6.45) is 2.17. The molecule has 1 amide bonds. The van der Waals surface area contributed by atoms with Crippen molar-refractivity contribution in [2.24, 2.45) is 5.92 Å². The molecule has 0 aliphatic carbocycles. The molecule has 0 saturated carbocycles. The van der Waals surface area contributed by atoms with E-state index in [0.717, 1.165) is 11.1 Å². The van der Waals surface area contributed by atoms with Gasteiger partial charge in [-0.15, -0.1) is 0 Å². The minimum absolute atomic E-state index is 0.0190. The Morgan fingerprint density at radius 1 is 1.37 bits per heavy atom. The van der Waals surface area contributed by atoms with E-state index >= 15 is 0 Å². The molecular formula is C14H16ClN3O. The number of nitrogens with zero attached hydrogens (tertiary/aromatic N) is 1. The number of hydrogen-bond donors (Lipinski definition) is 2. The molecule has 1 aromatic heterocycles. The van der Waals surface area contributed by atoms with Gasteiger partial charge in [-0.2, -0.15) is 5.10 Å². The maximum Gasteiger partial charge on any atom is 0.225 e. The Kier molecular flexibility index (Phi) is 4.22. The monoisotopic (exact) mass is 277 g/mol. The second-order valence-corrected chi connectivity index (χ2v) is 5.25. The highest BCUT2D eigenvalue weighted by Gasteiger charge is 2.11. The van der Waals surface area contributed by atoms with E-state index in [0.29, 0.717) is 23.2 Å². The zero-order valence-corrected chi connectivity index (χ0v) is 11.7. The molecule has 19 heavy (non-hydrogen) atoms. The van der Waals surface area contributed by atoms with Gasteiger partial charge in [0.25, 0.3) is 0 Å². The number of rotatable bonds is 4. The van der Waals surface area contributed by atoms with E-state index in [1.165, 1.54) is 0 Å². The van der Waals surface area contributed by atoms with E-state index in [-0.39, 0.29) is 5.91 Å². The number of halogens is 1. The van der Waals surface area contributed by atoms with E-state index in [9.17, 15) is 4.79 Å². The number of hydrogen-bond acceptors (Lipinski definition) is 2. The molecule has 0 bridgehead atoms. The molecule has 0 unspecified atom stereocenters. The van der Waals surface area contributed by atoms with Gasteiger partial charge in [-0.25, -0.2) is 0 Å². The van der Waals surface area contributed by atoms with Gasteiger partial charge in [-0.1, -0.05) is 37.6 Å². The summed E-state index contributed by atoms with van der Waals surface area (Å²) in [5.74, 6) is 0.921. The lowest BCUT2D eigenvalue weighted by Gasteiger charge is -2.07. The third-order valence-corrected chi connectivity index (χ3v) is 2.90. The fourth-order valence-corrected chi connectivity index (χ4v) is 1.92. The minimum atomic E-state index is -0.0190. The van der Waals surface area contributed by atoms with Crippen LogP contribution in [-0.2, 0) is 4.79 Å². The van der Waals surface area contributed by atoms with Gasteiger partial charge in [0.2, 0.25) is 5.91 Å². The van der Waals surface area contributed by atoms with Gasteiger partial charge in [0.15, 0.2) is 0 Å². The molecular weight excluding hydrogens is 262 g/mol. The van der Waals surface area contributed by atoms with Crippen molar-refractivity contribution in [3.63, 3.8) is 0 Å². The Labute approximate surface area is 117 Å². The first-order valence-electron chi connectivity index (χ1n) is 6.15. The second-order valence-electron chi connectivity index (χ2n) is 4.81. The molecule has 0 aliphatic rings. The second kappa shape index (κ2) is 5.89. The number of amides is 1.